The number of likely N-dealkylation sites (tertiary alicyclic amines) is 4. The molecular weight excluding hydrogens is 1610 g/mol. The number of nitrogens with one attached hydrogen (secondary N) is 8. The van der Waals surface area contributed by atoms with Gasteiger partial charge in [-0.15, -0.1) is 0 Å². The Hall–Kier alpha value is -13.2. The van der Waals surface area contributed by atoms with Crippen LogP contribution >= 0.6 is 0 Å². The van der Waals surface area contributed by atoms with Crippen LogP contribution in [0, 0.1) is 11.8 Å². The van der Waals surface area contributed by atoms with E-state index >= 15 is 0 Å². The molecule has 4 saturated heterocycles. The summed E-state index contributed by atoms with van der Waals surface area (Å²) in [5, 5.41) is 23.2. The van der Waals surface area contributed by atoms with Gasteiger partial charge in [-0.3, -0.25) is 19.3 Å². The van der Waals surface area contributed by atoms with Crippen molar-refractivity contribution in [2.45, 2.75) is 180 Å². The molecule has 0 aliphatic carbocycles. The summed E-state index contributed by atoms with van der Waals surface area (Å²) in [6, 6.07) is 38.1. The summed E-state index contributed by atoms with van der Waals surface area (Å²) < 4.78 is 34.4. The highest BCUT2D eigenvalue weighted by atomic mass is 16.6. The van der Waals surface area contributed by atoms with E-state index in [1.807, 2.05) is 76.9 Å². The van der Waals surface area contributed by atoms with Crippen molar-refractivity contribution in [2.24, 2.45) is 11.8 Å². The lowest BCUT2D eigenvalue weighted by molar-refractivity contribution is -0.142. The lowest BCUT2D eigenvalue weighted by atomic mass is 9.98. The fourth-order valence-corrected chi connectivity index (χ4v) is 16.4. The first-order valence-electron chi connectivity index (χ1n) is 42.5. The number of carbonyl (C=O) groups excluding carboxylic acids is 8. The second-order valence-electron chi connectivity index (χ2n) is 33.5. The Morgan fingerprint density at radius 2 is 0.627 bits per heavy atom. The number of H-pyrrole nitrogens is 4. The van der Waals surface area contributed by atoms with Crippen LogP contribution in [0.5, 0.6) is 0 Å². The number of rotatable bonds is 24. The van der Waals surface area contributed by atoms with Crippen molar-refractivity contribution in [3.63, 3.8) is 0 Å². The number of aromatic amines is 4. The average molecular weight is 1730 g/mol. The molecule has 0 saturated carbocycles. The van der Waals surface area contributed by atoms with Crippen molar-refractivity contribution < 1.29 is 81.4 Å². The molecule has 668 valence electrons. The number of nitrogens with zero attached hydrogens (tertiary/aromatic N) is 8. The predicted octanol–water partition coefficient (Wildman–Crippen LogP) is 15.0. The molecule has 33 heteroatoms. The van der Waals surface area contributed by atoms with Crippen molar-refractivity contribution in [2.75, 3.05) is 68.8 Å². The highest BCUT2D eigenvalue weighted by molar-refractivity contribution is 5.93. The number of aliphatic carboxylic acids is 1. The van der Waals surface area contributed by atoms with Crippen molar-refractivity contribution in [3.8, 4) is 67.3 Å². The molecule has 0 radical (unpaired) electrons. The fourth-order valence-electron chi connectivity index (χ4n) is 16.4. The van der Waals surface area contributed by atoms with Crippen LogP contribution in [0.25, 0.3) is 88.8 Å². The van der Waals surface area contributed by atoms with Gasteiger partial charge in [0, 0.05) is 51.5 Å². The molecule has 4 aliphatic rings. The zero-order valence-corrected chi connectivity index (χ0v) is 73.8. The molecule has 0 unspecified atom stereocenters. The van der Waals surface area contributed by atoms with E-state index in [1.165, 1.54) is 42.5 Å². The molecule has 0 spiro atoms. The molecule has 6 aromatic carbocycles. The number of fused-ring (bicyclic) bond motifs is 2. The van der Waals surface area contributed by atoms with Gasteiger partial charge >= 0.3 is 36.4 Å². The van der Waals surface area contributed by atoms with E-state index in [2.05, 4.69) is 177 Å². The largest absolute Gasteiger partial charge is 0.480 e. The maximum Gasteiger partial charge on any atom is 0.410 e. The fraction of sp³-hybridized carbons (Fsp3) is 0.430. The highest BCUT2D eigenvalue weighted by Crippen LogP contribution is 2.40. The first-order valence-corrected chi connectivity index (χ1v) is 42.5. The number of alkyl carbamates (subject to hydrolysis) is 4. The second kappa shape index (κ2) is 41.1. The van der Waals surface area contributed by atoms with Crippen LogP contribution in [0.15, 0.2) is 146 Å². The van der Waals surface area contributed by atoms with Gasteiger partial charge in [0.05, 0.1) is 112 Å². The van der Waals surface area contributed by atoms with Gasteiger partial charge in [-0.2, -0.15) is 0 Å². The van der Waals surface area contributed by atoms with E-state index in [0.29, 0.717) is 32.0 Å². The molecule has 8 amide bonds. The molecule has 4 fully saturated rings. The summed E-state index contributed by atoms with van der Waals surface area (Å²) >= 11 is 0. The number of methoxy groups -OCH3 is 6. The van der Waals surface area contributed by atoms with Crippen molar-refractivity contribution in [1.29, 1.82) is 0 Å². The number of hydrogen-bond donors (Lipinski definition) is 9. The molecular formula is C93H114N16O17. The molecule has 126 heavy (non-hydrogen) atoms. The number of hydrogen-bond acceptors (Lipinski definition) is 20. The predicted molar refractivity (Wildman–Crippen MR) is 473 cm³/mol. The van der Waals surface area contributed by atoms with Crippen molar-refractivity contribution in [1.82, 2.24) is 80.7 Å². The number of carboxylic acid groups (broad SMARTS) is 1. The SMILES string of the molecule is COC(=O)N[C@H](C(=O)N1CCC[C@H]1c1ncc(-c2ccc3cc(-c4ccc(-c5cnc([C@@H]6CCCN6C(=O)OC(C)(C)C)[nH]5)cc4)ccc3c2)[nH]1)C(C)C.COC(=O)N[C@H](C(=O)N1CCC[C@H]1c1ncc(-c2ccc3cc(-c4ccc(-c5cnc([C@@H]6CCCN6C(=O)[C@@H](NC(=O)OC)[C@H](C)OC)[nH]5)cc4)ccc3c2)[nH]1)C(C)C.COC(=O)N[C@H](C(=O)O)[C@H](C)OC. The van der Waals surface area contributed by atoms with Crippen LogP contribution in [-0.2, 0) is 52.3 Å². The molecule has 4 aromatic heterocycles. The Bertz CT molecular complexity index is 5500. The number of amides is 8. The van der Waals surface area contributed by atoms with Gasteiger partial charge in [-0.05, 0) is 177 Å². The molecule has 10 aromatic rings. The van der Waals surface area contributed by atoms with E-state index in [-0.39, 0.29) is 59.8 Å². The summed E-state index contributed by atoms with van der Waals surface area (Å²) in [5.74, 6) is 1.05. The minimum absolute atomic E-state index is 0.0963. The number of carboxylic acids is 1. The zero-order chi connectivity index (χ0) is 90.4. The summed E-state index contributed by atoms with van der Waals surface area (Å²) in [4.78, 5) is 151. The smallest absolute Gasteiger partial charge is 0.410 e. The molecule has 8 heterocycles. The maximum atomic E-state index is 13.6. The summed E-state index contributed by atoms with van der Waals surface area (Å²) in [7, 11) is 7.87. The van der Waals surface area contributed by atoms with E-state index in [0.717, 1.165) is 165 Å². The molecule has 0 bridgehead atoms. The van der Waals surface area contributed by atoms with Crippen LogP contribution in [0.4, 0.5) is 24.0 Å². The Morgan fingerprint density at radius 1 is 0.365 bits per heavy atom. The van der Waals surface area contributed by atoms with Crippen LogP contribution in [0.1, 0.15) is 161 Å². The van der Waals surface area contributed by atoms with Crippen molar-refractivity contribution >= 4 is 75.7 Å². The third-order valence-electron chi connectivity index (χ3n) is 23.4. The van der Waals surface area contributed by atoms with Gasteiger partial charge in [0.1, 0.15) is 47.0 Å². The van der Waals surface area contributed by atoms with Gasteiger partial charge in [0.15, 0.2) is 6.04 Å². The molecule has 33 nitrogen and oxygen atoms in total. The lowest BCUT2D eigenvalue weighted by Gasteiger charge is -2.30. The van der Waals surface area contributed by atoms with Crippen LogP contribution in [-0.4, -0.2) is 230 Å². The van der Waals surface area contributed by atoms with E-state index in [9.17, 15) is 43.2 Å². The number of aromatic nitrogens is 8. The van der Waals surface area contributed by atoms with Crippen LogP contribution in [0.2, 0.25) is 0 Å². The Balaban J connectivity index is 0.000000201. The number of benzene rings is 6. The van der Waals surface area contributed by atoms with Crippen LogP contribution in [0.3, 0.4) is 0 Å². The zero-order valence-electron chi connectivity index (χ0n) is 73.8. The topological polar surface area (TPSA) is 414 Å². The van der Waals surface area contributed by atoms with Gasteiger partial charge in [-0.1, -0.05) is 125 Å². The summed E-state index contributed by atoms with van der Waals surface area (Å²) in [6.07, 6.45) is 9.66. The lowest BCUT2D eigenvalue weighted by Crippen LogP contribution is -2.54. The van der Waals surface area contributed by atoms with E-state index in [4.69, 9.17) is 43.5 Å². The monoisotopic (exact) mass is 1730 g/mol. The summed E-state index contributed by atoms with van der Waals surface area (Å²) in [6.45, 7) is 18.9. The first kappa shape index (κ1) is 92.0. The van der Waals surface area contributed by atoms with Crippen LogP contribution < -0.4 is 21.3 Å². The first-order chi connectivity index (χ1) is 60.4. The highest BCUT2D eigenvalue weighted by Gasteiger charge is 2.42. The Morgan fingerprint density at radius 3 is 0.937 bits per heavy atom. The normalized spacial score (nSPS) is 17.7. The van der Waals surface area contributed by atoms with Gasteiger partial charge in [0.25, 0.3) is 0 Å². The third-order valence-corrected chi connectivity index (χ3v) is 23.4. The molecule has 9 N–H and O–H groups in total. The van der Waals surface area contributed by atoms with Gasteiger partial charge in [0.2, 0.25) is 17.7 Å². The number of ether oxygens (including phenoxy) is 7. The Kier molecular flexibility index (Phi) is 30.0. The molecule has 14 rings (SSSR count). The van der Waals surface area contributed by atoms with Gasteiger partial charge in [-0.25, -0.2) is 48.7 Å². The molecule has 4 aliphatic heterocycles. The maximum absolute atomic E-state index is 13.6. The summed E-state index contributed by atoms with van der Waals surface area (Å²) in [5.41, 5.74) is 11.3. The van der Waals surface area contributed by atoms with Gasteiger partial charge < -0.3 is 94.2 Å². The second-order valence-corrected chi connectivity index (χ2v) is 33.5. The van der Waals surface area contributed by atoms with E-state index in [1.54, 1.807) is 22.9 Å². The average Bonchev–Trinajstić information content (AvgIpc) is 1.79. The number of carbonyl (C=O) groups is 9. The minimum Gasteiger partial charge on any atom is -0.480 e. The quantitative estimate of drug-likeness (QED) is 0.0254. The number of imidazole rings is 4. The van der Waals surface area contributed by atoms with Crippen molar-refractivity contribution in [3.05, 3.63) is 169 Å². The van der Waals surface area contributed by atoms with E-state index < -0.39 is 72.3 Å². The molecule has 10 atom stereocenters. The Labute approximate surface area is 731 Å². The minimum atomic E-state index is -1.17. The third kappa shape index (κ3) is 21.8. The standard InChI is InChI=1S/C44H52N8O7.C42H49N7O5.C7H13NO5/c1-25(2)37(49-43(55)58-5)41(53)51-19-7-9-35(51)40-46-24-34(48-40)32-18-17-30-21-29(15-16-31(30)22-32)27-11-13-28(14-12-27)33-23-45-39(47-33)36-10-8-20-52(36)42(54)38(26(3)57-4)50-44(56)59-6;1-25(2)36(47-40(51)53-6)39(50)48-19-7-9-34(48)37-44-24-33(46-37)31-18-17-29-21-28(15-16-30(29)22-31)26-11-13-27(14-12-26)32-23-43-38(45-32)35-10-8-20-49(35)41(52)54-42(3,4)5;1-4(12-2)5(6(9)10)8-7(11)13-3/h11-18,21-26,35-38H,7-10,19-20H2,1-6H3,(H,45,47)(H,46,48)(H,49,55)(H,50,56);11-18,21-25,34-36H,7-10,19-20H2,1-6H3,(H,43,45)(H,44,46)(H,47,51);4-5H,1-3H3,(H,8,11)(H,9,10)/t26-,35-,36-,37-,38-;34-,35-,36-;4-,5-/m000/s1.